The standard InChI is InChI=1S/C18H17ClN2O2/c1-11-7-8-12(2)17(13(11)3)22-10-16-20-21-18(23-16)14-5-4-6-15(19)9-14/h4-9H,10H2,1-3H3. The van der Waals surface area contributed by atoms with Gasteiger partial charge in [-0.25, -0.2) is 0 Å². The molecule has 3 rings (SSSR count). The first-order valence-electron chi connectivity index (χ1n) is 7.32. The molecule has 0 fully saturated rings. The van der Waals surface area contributed by atoms with Gasteiger partial charge in [0.05, 0.1) is 0 Å². The second-order valence-corrected chi connectivity index (χ2v) is 5.89. The molecule has 0 aliphatic heterocycles. The highest BCUT2D eigenvalue weighted by Crippen LogP contribution is 2.27. The molecule has 0 aliphatic rings. The van der Waals surface area contributed by atoms with Gasteiger partial charge in [-0.3, -0.25) is 0 Å². The normalized spacial score (nSPS) is 10.8. The molecular formula is C18H17ClN2O2. The SMILES string of the molecule is Cc1ccc(C)c(OCc2nnc(-c3cccc(Cl)c3)o2)c1C. The average Bonchev–Trinajstić information content (AvgIpc) is 3.00. The maximum absolute atomic E-state index is 5.98. The molecule has 0 amide bonds. The van der Waals surface area contributed by atoms with Gasteiger partial charge < -0.3 is 9.15 Å². The van der Waals surface area contributed by atoms with E-state index in [1.54, 1.807) is 12.1 Å². The highest BCUT2D eigenvalue weighted by Gasteiger charge is 2.12. The lowest BCUT2D eigenvalue weighted by Crippen LogP contribution is -2.00. The minimum Gasteiger partial charge on any atom is -0.483 e. The molecule has 3 aromatic rings. The number of aryl methyl sites for hydroxylation is 2. The van der Waals surface area contributed by atoms with Gasteiger partial charge in [0.2, 0.25) is 5.89 Å². The van der Waals surface area contributed by atoms with E-state index in [9.17, 15) is 0 Å². The molecule has 0 atom stereocenters. The Morgan fingerprint density at radius 2 is 1.83 bits per heavy atom. The quantitative estimate of drug-likeness (QED) is 0.683. The van der Waals surface area contributed by atoms with E-state index in [-0.39, 0.29) is 6.61 Å². The van der Waals surface area contributed by atoms with Crippen molar-refractivity contribution in [3.8, 4) is 17.2 Å². The Hall–Kier alpha value is -2.33. The smallest absolute Gasteiger partial charge is 0.254 e. The predicted molar refractivity (Wildman–Crippen MR) is 89.7 cm³/mol. The highest BCUT2D eigenvalue weighted by atomic mass is 35.5. The van der Waals surface area contributed by atoms with Crippen molar-refractivity contribution in [3.63, 3.8) is 0 Å². The predicted octanol–water partition coefficient (Wildman–Crippen LogP) is 4.89. The molecule has 0 saturated carbocycles. The van der Waals surface area contributed by atoms with Crippen LogP contribution >= 0.6 is 11.6 Å². The summed E-state index contributed by atoms with van der Waals surface area (Å²) in [6, 6.07) is 11.4. The van der Waals surface area contributed by atoms with Crippen LogP contribution in [0.2, 0.25) is 5.02 Å². The van der Waals surface area contributed by atoms with Crippen LogP contribution in [0.25, 0.3) is 11.5 Å². The lowest BCUT2D eigenvalue weighted by atomic mass is 10.1. The lowest BCUT2D eigenvalue weighted by molar-refractivity contribution is 0.261. The topological polar surface area (TPSA) is 48.2 Å². The molecule has 118 valence electrons. The van der Waals surface area contributed by atoms with Crippen LogP contribution in [0.3, 0.4) is 0 Å². The Bertz CT molecular complexity index is 843. The minimum atomic E-state index is 0.235. The Kier molecular flexibility index (Phi) is 4.35. The van der Waals surface area contributed by atoms with E-state index >= 15 is 0 Å². The highest BCUT2D eigenvalue weighted by molar-refractivity contribution is 6.30. The van der Waals surface area contributed by atoms with E-state index in [1.807, 2.05) is 32.0 Å². The number of hydrogen-bond acceptors (Lipinski definition) is 4. The first kappa shape index (κ1) is 15.6. The van der Waals surface area contributed by atoms with Crippen LogP contribution in [0.5, 0.6) is 5.75 Å². The van der Waals surface area contributed by atoms with Crippen molar-refractivity contribution in [2.24, 2.45) is 0 Å². The molecule has 0 aliphatic carbocycles. The van der Waals surface area contributed by atoms with Gasteiger partial charge in [-0.2, -0.15) is 0 Å². The zero-order valence-electron chi connectivity index (χ0n) is 13.3. The molecule has 4 nitrogen and oxygen atoms in total. The summed E-state index contributed by atoms with van der Waals surface area (Å²) in [5, 5.41) is 8.71. The zero-order chi connectivity index (χ0) is 16.4. The van der Waals surface area contributed by atoms with E-state index in [0.717, 1.165) is 22.4 Å². The third-order valence-electron chi connectivity index (χ3n) is 3.75. The molecule has 0 bridgehead atoms. The first-order chi connectivity index (χ1) is 11.0. The van der Waals surface area contributed by atoms with Crippen molar-refractivity contribution in [2.45, 2.75) is 27.4 Å². The summed E-state index contributed by atoms with van der Waals surface area (Å²) in [5.74, 6) is 1.73. The zero-order valence-corrected chi connectivity index (χ0v) is 14.0. The van der Waals surface area contributed by atoms with E-state index in [1.165, 1.54) is 5.56 Å². The molecule has 0 spiro atoms. The molecule has 0 radical (unpaired) electrons. The number of hydrogen-bond donors (Lipinski definition) is 0. The summed E-state index contributed by atoms with van der Waals surface area (Å²) in [5.41, 5.74) is 4.19. The average molecular weight is 329 g/mol. The summed E-state index contributed by atoms with van der Waals surface area (Å²) in [7, 11) is 0. The van der Waals surface area contributed by atoms with Crippen LogP contribution in [0.4, 0.5) is 0 Å². The Morgan fingerprint density at radius 3 is 2.61 bits per heavy atom. The molecular weight excluding hydrogens is 312 g/mol. The van der Waals surface area contributed by atoms with Crippen LogP contribution in [0.1, 0.15) is 22.6 Å². The third kappa shape index (κ3) is 3.37. The summed E-state index contributed by atoms with van der Waals surface area (Å²) in [4.78, 5) is 0. The first-order valence-corrected chi connectivity index (χ1v) is 7.70. The van der Waals surface area contributed by atoms with E-state index < -0.39 is 0 Å². The van der Waals surface area contributed by atoms with Crippen molar-refractivity contribution in [1.29, 1.82) is 0 Å². The fourth-order valence-electron chi connectivity index (χ4n) is 2.33. The summed E-state index contributed by atoms with van der Waals surface area (Å²) < 4.78 is 11.5. The lowest BCUT2D eigenvalue weighted by Gasteiger charge is -2.12. The van der Waals surface area contributed by atoms with Gasteiger partial charge >= 0.3 is 0 Å². The van der Waals surface area contributed by atoms with Crippen molar-refractivity contribution in [1.82, 2.24) is 10.2 Å². The molecule has 0 saturated heterocycles. The van der Waals surface area contributed by atoms with Crippen molar-refractivity contribution < 1.29 is 9.15 Å². The minimum absolute atomic E-state index is 0.235. The molecule has 1 heterocycles. The second kappa shape index (κ2) is 6.42. The van der Waals surface area contributed by atoms with E-state index in [0.29, 0.717) is 16.8 Å². The Morgan fingerprint density at radius 1 is 1.04 bits per heavy atom. The van der Waals surface area contributed by atoms with Crippen LogP contribution in [0, 0.1) is 20.8 Å². The van der Waals surface area contributed by atoms with Crippen LogP contribution < -0.4 is 4.74 Å². The van der Waals surface area contributed by atoms with Gasteiger partial charge in [0.1, 0.15) is 5.75 Å². The van der Waals surface area contributed by atoms with E-state index in [2.05, 4.69) is 23.2 Å². The number of aromatic nitrogens is 2. The number of rotatable bonds is 4. The number of halogens is 1. The van der Waals surface area contributed by atoms with Crippen molar-refractivity contribution in [2.75, 3.05) is 0 Å². The Balaban J connectivity index is 1.77. The van der Waals surface area contributed by atoms with Gasteiger partial charge in [-0.05, 0) is 55.7 Å². The largest absolute Gasteiger partial charge is 0.483 e. The maximum Gasteiger partial charge on any atom is 0.254 e. The molecule has 2 aromatic carbocycles. The fraction of sp³-hybridized carbons (Fsp3) is 0.222. The molecule has 5 heteroatoms. The van der Waals surface area contributed by atoms with Gasteiger partial charge in [-0.15, -0.1) is 10.2 Å². The number of nitrogens with zero attached hydrogens (tertiary/aromatic N) is 2. The van der Waals surface area contributed by atoms with Gasteiger partial charge in [0.25, 0.3) is 5.89 Å². The van der Waals surface area contributed by atoms with Crippen LogP contribution in [-0.2, 0) is 6.61 Å². The molecule has 1 aromatic heterocycles. The van der Waals surface area contributed by atoms with Gasteiger partial charge in [0.15, 0.2) is 6.61 Å². The van der Waals surface area contributed by atoms with E-state index in [4.69, 9.17) is 20.8 Å². The summed E-state index contributed by atoms with van der Waals surface area (Å²) in [6.07, 6.45) is 0. The van der Waals surface area contributed by atoms with Gasteiger partial charge in [-0.1, -0.05) is 29.8 Å². The van der Waals surface area contributed by atoms with Crippen molar-refractivity contribution >= 4 is 11.6 Å². The molecule has 23 heavy (non-hydrogen) atoms. The third-order valence-corrected chi connectivity index (χ3v) is 3.99. The molecule has 0 N–H and O–H groups in total. The second-order valence-electron chi connectivity index (χ2n) is 5.45. The van der Waals surface area contributed by atoms with Gasteiger partial charge in [0, 0.05) is 10.6 Å². The van der Waals surface area contributed by atoms with Crippen LogP contribution in [0.15, 0.2) is 40.8 Å². The molecule has 0 unspecified atom stereocenters. The monoisotopic (exact) mass is 328 g/mol. The van der Waals surface area contributed by atoms with Crippen molar-refractivity contribution in [3.05, 3.63) is 64.0 Å². The fourth-order valence-corrected chi connectivity index (χ4v) is 2.52. The summed E-state index contributed by atoms with van der Waals surface area (Å²) >= 11 is 5.98. The Labute approximate surface area is 140 Å². The number of ether oxygens (including phenoxy) is 1. The summed E-state index contributed by atoms with van der Waals surface area (Å²) in [6.45, 7) is 6.36. The van der Waals surface area contributed by atoms with Crippen LogP contribution in [-0.4, -0.2) is 10.2 Å². The number of benzene rings is 2. The maximum atomic E-state index is 5.98.